The number of allylic oxidation sites excluding steroid dienone is 1. The van der Waals surface area contributed by atoms with Gasteiger partial charge in [-0.25, -0.2) is 4.79 Å². The number of esters is 1. The molecule has 1 N–H and O–H groups in total. The molecule has 1 aromatic rings. The number of nitriles is 1. The minimum absolute atomic E-state index is 0.0228. The van der Waals surface area contributed by atoms with Gasteiger partial charge in [-0.2, -0.15) is 5.26 Å². The molecule has 0 spiro atoms. The second-order valence-electron chi connectivity index (χ2n) is 2.31. The molecule has 5 heteroatoms. The van der Waals surface area contributed by atoms with Gasteiger partial charge in [0.1, 0.15) is 6.07 Å². The molecule has 0 bridgehead atoms. The van der Waals surface area contributed by atoms with Crippen molar-refractivity contribution in [3.63, 3.8) is 0 Å². The topological polar surface area (TPSA) is 70.3 Å². The number of thiophene rings is 1. The molecular weight excluding hydrogens is 202 g/mol. The van der Waals surface area contributed by atoms with E-state index in [-0.39, 0.29) is 16.4 Å². The lowest BCUT2D eigenvalue weighted by Gasteiger charge is -1.97. The summed E-state index contributed by atoms with van der Waals surface area (Å²) in [6.07, 6.45) is 2.75. The summed E-state index contributed by atoms with van der Waals surface area (Å²) in [4.78, 5) is 11.1. The summed E-state index contributed by atoms with van der Waals surface area (Å²) in [6, 6.07) is 1.78. The van der Waals surface area contributed by atoms with Gasteiger partial charge in [0.05, 0.1) is 0 Å². The maximum Gasteiger partial charge on any atom is 0.335 e. The quantitative estimate of drug-likeness (QED) is 0.595. The number of aromatic hydroxyl groups is 1. The molecule has 0 saturated heterocycles. The number of nitrogens with zero attached hydrogens (tertiary/aromatic N) is 1. The van der Waals surface area contributed by atoms with Gasteiger partial charge >= 0.3 is 5.97 Å². The third-order valence-corrected chi connectivity index (χ3v) is 2.20. The molecule has 0 amide bonds. The first-order valence-electron chi connectivity index (χ1n) is 3.74. The molecule has 0 fully saturated rings. The molecule has 1 heterocycles. The van der Waals surface area contributed by atoms with Gasteiger partial charge in [-0.05, 0) is 6.92 Å². The minimum atomic E-state index is -0.579. The van der Waals surface area contributed by atoms with Crippen LogP contribution in [0.25, 0.3) is 0 Å². The van der Waals surface area contributed by atoms with Crippen LogP contribution in [0.3, 0.4) is 0 Å². The van der Waals surface area contributed by atoms with Crippen molar-refractivity contribution < 1.29 is 14.6 Å². The second-order valence-corrected chi connectivity index (χ2v) is 3.19. The van der Waals surface area contributed by atoms with Crippen LogP contribution in [-0.2, 0) is 4.79 Å². The fourth-order valence-electron chi connectivity index (χ4n) is 0.766. The van der Waals surface area contributed by atoms with E-state index in [1.54, 1.807) is 13.0 Å². The van der Waals surface area contributed by atoms with Crippen LogP contribution in [0.2, 0.25) is 0 Å². The maximum atomic E-state index is 11.0. The van der Waals surface area contributed by atoms with Crippen LogP contribution in [0.4, 0.5) is 0 Å². The zero-order chi connectivity index (χ0) is 10.6. The third kappa shape index (κ3) is 2.12. The van der Waals surface area contributed by atoms with Crippen molar-refractivity contribution in [2.75, 3.05) is 0 Å². The first kappa shape index (κ1) is 10.3. The first-order chi connectivity index (χ1) is 6.69. The smallest absolute Gasteiger partial charge is 0.335 e. The highest BCUT2D eigenvalue weighted by Gasteiger charge is 2.13. The van der Waals surface area contributed by atoms with E-state index >= 15 is 0 Å². The molecule has 4 nitrogen and oxygen atoms in total. The Hall–Kier alpha value is -1.80. The molecular formula is C9H7NO3S. The molecule has 0 aliphatic rings. The van der Waals surface area contributed by atoms with Gasteiger partial charge in [-0.1, -0.05) is 6.08 Å². The number of carbonyl (C=O) groups is 1. The average Bonchev–Trinajstić information content (AvgIpc) is 2.48. The SMILES string of the molecule is C/C=C/C(=O)Oc1csc(C#N)c1O. The standard InChI is InChI=1S/C9H7NO3S/c1-2-3-8(11)13-6-5-14-7(4-10)9(6)12/h2-3,5,12H,1H3/b3-2+. The zero-order valence-corrected chi connectivity index (χ0v) is 8.17. The Morgan fingerprint density at radius 1 is 1.79 bits per heavy atom. The number of hydrogen-bond acceptors (Lipinski definition) is 5. The Morgan fingerprint density at radius 3 is 3.00 bits per heavy atom. The Bertz CT molecular complexity index is 414. The zero-order valence-electron chi connectivity index (χ0n) is 7.35. The predicted octanol–water partition coefficient (Wildman–Crippen LogP) is 1.81. The van der Waals surface area contributed by atoms with Gasteiger partial charge in [-0.15, -0.1) is 11.3 Å². The summed E-state index contributed by atoms with van der Waals surface area (Å²) in [5.41, 5.74) is 0. The van der Waals surface area contributed by atoms with Crippen LogP contribution in [0.15, 0.2) is 17.5 Å². The average molecular weight is 209 g/mol. The fraction of sp³-hybridized carbons (Fsp3) is 0.111. The van der Waals surface area contributed by atoms with E-state index in [1.165, 1.54) is 17.5 Å². The normalized spacial score (nSPS) is 10.0. The molecule has 0 radical (unpaired) electrons. The van der Waals surface area contributed by atoms with Gasteiger partial charge in [0.2, 0.25) is 0 Å². The van der Waals surface area contributed by atoms with Crippen LogP contribution in [0.1, 0.15) is 11.8 Å². The molecule has 0 aliphatic carbocycles. The summed E-state index contributed by atoms with van der Waals surface area (Å²) >= 11 is 1.02. The number of carbonyl (C=O) groups excluding carboxylic acids is 1. The number of rotatable bonds is 2. The molecule has 0 saturated carbocycles. The Balaban J connectivity index is 2.84. The van der Waals surface area contributed by atoms with Gasteiger partial charge in [0, 0.05) is 11.5 Å². The van der Waals surface area contributed by atoms with Crippen LogP contribution >= 0.6 is 11.3 Å². The largest absolute Gasteiger partial charge is 0.503 e. The molecule has 0 atom stereocenters. The maximum absolute atomic E-state index is 11.0. The number of ether oxygens (including phenoxy) is 1. The lowest BCUT2D eigenvalue weighted by Crippen LogP contribution is -2.02. The number of hydrogen-bond donors (Lipinski definition) is 1. The molecule has 1 aromatic heterocycles. The van der Waals surface area contributed by atoms with E-state index in [0.29, 0.717) is 0 Å². The molecule has 0 unspecified atom stereocenters. The van der Waals surface area contributed by atoms with Crippen molar-refractivity contribution in [3.8, 4) is 17.6 Å². The Kier molecular flexibility index (Phi) is 3.26. The highest BCUT2D eigenvalue weighted by atomic mass is 32.1. The third-order valence-electron chi connectivity index (χ3n) is 1.35. The van der Waals surface area contributed by atoms with Gasteiger partial charge in [-0.3, -0.25) is 0 Å². The van der Waals surface area contributed by atoms with Gasteiger partial charge < -0.3 is 9.84 Å². The van der Waals surface area contributed by atoms with Crippen LogP contribution < -0.4 is 4.74 Å². The lowest BCUT2D eigenvalue weighted by atomic mass is 10.4. The van der Waals surface area contributed by atoms with E-state index in [2.05, 4.69) is 0 Å². The van der Waals surface area contributed by atoms with Crippen molar-refractivity contribution in [2.45, 2.75) is 6.92 Å². The highest BCUT2D eigenvalue weighted by Crippen LogP contribution is 2.35. The van der Waals surface area contributed by atoms with Crippen molar-refractivity contribution in [1.29, 1.82) is 5.26 Å². The second kappa shape index (κ2) is 4.44. The molecule has 72 valence electrons. The summed E-state index contributed by atoms with van der Waals surface area (Å²) in [5.74, 6) is -0.838. The highest BCUT2D eigenvalue weighted by molar-refractivity contribution is 7.11. The lowest BCUT2D eigenvalue weighted by molar-refractivity contribution is -0.129. The summed E-state index contributed by atoms with van der Waals surface area (Å²) in [5, 5.41) is 19.3. The van der Waals surface area contributed by atoms with E-state index in [0.717, 1.165) is 11.3 Å². The van der Waals surface area contributed by atoms with Crippen molar-refractivity contribution in [1.82, 2.24) is 0 Å². The Labute approximate surface area is 84.7 Å². The first-order valence-corrected chi connectivity index (χ1v) is 4.62. The molecule has 14 heavy (non-hydrogen) atoms. The monoisotopic (exact) mass is 209 g/mol. The summed E-state index contributed by atoms with van der Waals surface area (Å²) in [7, 11) is 0. The van der Waals surface area contributed by atoms with Gasteiger partial charge in [0.15, 0.2) is 16.4 Å². The molecule has 0 aliphatic heterocycles. The van der Waals surface area contributed by atoms with E-state index in [4.69, 9.17) is 10.00 Å². The minimum Gasteiger partial charge on any atom is -0.503 e. The van der Waals surface area contributed by atoms with E-state index in [1.807, 2.05) is 0 Å². The molecule has 0 aromatic carbocycles. The van der Waals surface area contributed by atoms with Crippen LogP contribution in [0, 0.1) is 11.3 Å². The van der Waals surface area contributed by atoms with Crippen LogP contribution in [0.5, 0.6) is 11.5 Å². The van der Waals surface area contributed by atoms with Crippen molar-refractivity contribution >= 4 is 17.3 Å². The van der Waals surface area contributed by atoms with Crippen LogP contribution in [-0.4, -0.2) is 11.1 Å². The summed E-state index contributed by atoms with van der Waals surface area (Å²) in [6.45, 7) is 1.68. The Morgan fingerprint density at radius 2 is 2.50 bits per heavy atom. The van der Waals surface area contributed by atoms with Crippen molar-refractivity contribution in [2.24, 2.45) is 0 Å². The van der Waals surface area contributed by atoms with E-state index < -0.39 is 5.97 Å². The fourth-order valence-corrected chi connectivity index (χ4v) is 1.42. The van der Waals surface area contributed by atoms with Gasteiger partial charge in [0.25, 0.3) is 0 Å². The van der Waals surface area contributed by atoms with Crippen molar-refractivity contribution in [3.05, 3.63) is 22.4 Å². The van der Waals surface area contributed by atoms with E-state index in [9.17, 15) is 9.90 Å². The molecule has 1 rings (SSSR count). The predicted molar refractivity (Wildman–Crippen MR) is 51.1 cm³/mol. The summed E-state index contributed by atoms with van der Waals surface area (Å²) < 4.78 is 4.75.